The Hall–Kier alpha value is -0.560. The van der Waals surface area contributed by atoms with Gasteiger partial charge in [0.1, 0.15) is 0 Å². The van der Waals surface area contributed by atoms with Crippen molar-refractivity contribution in [2.75, 3.05) is 6.54 Å². The van der Waals surface area contributed by atoms with Crippen LogP contribution in [0.15, 0.2) is 23.8 Å². The van der Waals surface area contributed by atoms with Gasteiger partial charge in [-0.3, -0.25) is 0 Å². The predicted molar refractivity (Wildman–Crippen MR) is 46.8 cm³/mol. The van der Waals surface area contributed by atoms with Crippen LogP contribution in [-0.4, -0.2) is 6.54 Å². The Morgan fingerprint density at radius 3 is 2.50 bits per heavy atom. The number of nitrogens with two attached hydrogens (primary N) is 1. The molecule has 0 spiro atoms. The van der Waals surface area contributed by atoms with Crippen LogP contribution in [-0.2, 0) is 0 Å². The summed E-state index contributed by atoms with van der Waals surface area (Å²) in [5, 5.41) is 0. The van der Waals surface area contributed by atoms with Crippen LogP contribution >= 0.6 is 0 Å². The third kappa shape index (κ3) is 5.57. The van der Waals surface area contributed by atoms with E-state index in [2.05, 4.69) is 32.1 Å². The van der Waals surface area contributed by atoms with Crippen LogP contribution in [0, 0.1) is 5.92 Å². The zero-order valence-corrected chi connectivity index (χ0v) is 7.09. The van der Waals surface area contributed by atoms with Gasteiger partial charge in [-0.15, -0.1) is 0 Å². The zero-order chi connectivity index (χ0) is 7.98. The maximum Gasteiger partial charge on any atom is 0.0137 e. The molecular weight excluding hydrogens is 122 g/mol. The molecule has 0 aromatic heterocycles. The molecule has 58 valence electrons. The highest BCUT2D eigenvalue weighted by Crippen LogP contribution is 1.95. The molecule has 0 aliphatic rings. The van der Waals surface area contributed by atoms with Crippen LogP contribution in [0.2, 0.25) is 0 Å². The second-order valence-corrected chi connectivity index (χ2v) is 2.85. The second-order valence-electron chi connectivity index (χ2n) is 2.85. The number of hydrogen-bond donors (Lipinski definition) is 1. The van der Waals surface area contributed by atoms with Gasteiger partial charge in [-0.1, -0.05) is 37.6 Å². The topological polar surface area (TPSA) is 26.0 Å². The fraction of sp³-hybridized carbons (Fsp3) is 0.556. The lowest BCUT2D eigenvalue weighted by Gasteiger charge is -1.92. The van der Waals surface area contributed by atoms with Gasteiger partial charge in [-0.2, -0.15) is 0 Å². The van der Waals surface area contributed by atoms with E-state index < -0.39 is 0 Å². The maximum absolute atomic E-state index is 5.39. The largest absolute Gasteiger partial charge is 0.327 e. The molecule has 0 radical (unpaired) electrons. The normalized spacial score (nSPS) is 13.5. The summed E-state index contributed by atoms with van der Waals surface area (Å²) in [4.78, 5) is 0. The standard InChI is InChI=1S/C9H17N/c1-8(2)5-4-6-9(3)7-10/h4-6,8H,7,10H2,1-3H3/b5-4-,9-6+. The van der Waals surface area contributed by atoms with Crippen molar-refractivity contribution in [3.63, 3.8) is 0 Å². The lowest BCUT2D eigenvalue weighted by atomic mass is 10.2. The van der Waals surface area contributed by atoms with Gasteiger partial charge in [0.05, 0.1) is 0 Å². The van der Waals surface area contributed by atoms with E-state index in [1.165, 1.54) is 5.57 Å². The van der Waals surface area contributed by atoms with Crippen molar-refractivity contribution >= 4 is 0 Å². The zero-order valence-electron chi connectivity index (χ0n) is 7.09. The maximum atomic E-state index is 5.39. The fourth-order valence-electron chi connectivity index (χ4n) is 0.510. The van der Waals surface area contributed by atoms with Gasteiger partial charge < -0.3 is 5.73 Å². The summed E-state index contributed by atoms with van der Waals surface area (Å²) in [6.07, 6.45) is 6.27. The molecule has 0 saturated carbocycles. The summed E-state index contributed by atoms with van der Waals surface area (Å²) in [5.41, 5.74) is 6.61. The van der Waals surface area contributed by atoms with E-state index in [9.17, 15) is 0 Å². The molecule has 0 aromatic carbocycles. The molecule has 10 heavy (non-hydrogen) atoms. The van der Waals surface area contributed by atoms with Gasteiger partial charge in [-0.25, -0.2) is 0 Å². The summed E-state index contributed by atoms with van der Waals surface area (Å²) in [7, 11) is 0. The van der Waals surface area contributed by atoms with Crippen LogP contribution in [0.4, 0.5) is 0 Å². The molecule has 0 bridgehead atoms. The summed E-state index contributed by atoms with van der Waals surface area (Å²) in [5.74, 6) is 0.627. The molecule has 0 fully saturated rings. The molecule has 0 atom stereocenters. The molecule has 0 aliphatic heterocycles. The van der Waals surface area contributed by atoms with Gasteiger partial charge in [0.15, 0.2) is 0 Å². The molecule has 2 N–H and O–H groups in total. The predicted octanol–water partition coefficient (Wildman–Crippen LogP) is 2.10. The minimum atomic E-state index is 0.627. The lowest BCUT2D eigenvalue weighted by molar-refractivity contribution is 0.831. The first kappa shape index (κ1) is 9.44. The molecule has 0 unspecified atom stereocenters. The van der Waals surface area contributed by atoms with Gasteiger partial charge in [0.25, 0.3) is 0 Å². The van der Waals surface area contributed by atoms with E-state index in [4.69, 9.17) is 5.73 Å². The third-order valence-electron chi connectivity index (χ3n) is 1.20. The average molecular weight is 139 g/mol. The van der Waals surface area contributed by atoms with Crippen LogP contribution in [0.5, 0.6) is 0 Å². The molecule has 0 aromatic rings. The minimum Gasteiger partial charge on any atom is -0.327 e. The van der Waals surface area contributed by atoms with Crippen molar-refractivity contribution in [2.24, 2.45) is 11.7 Å². The van der Waals surface area contributed by atoms with Crippen LogP contribution < -0.4 is 5.73 Å². The van der Waals surface area contributed by atoms with E-state index in [1.807, 2.05) is 6.92 Å². The Bertz CT molecular complexity index is 132. The van der Waals surface area contributed by atoms with Crippen molar-refractivity contribution in [3.05, 3.63) is 23.8 Å². The van der Waals surface area contributed by atoms with Crippen molar-refractivity contribution in [3.8, 4) is 0 Å². The van der Waals surface area contributed by atoms with E-state index in [1.54, 1.807) is 0 Å². The molecule has 0 rings (SSSR count). The SMILES string of the molecule is C/C(=C\C=C/C(C)C)CN. The van der Waals surface area contributed by atoms with E-state index >= 15 is 0 Å². The van der Waals surface area contributed by atoms with E-state index in [0.717, 1.165) is 0 Å². The Morgan fingerprint density at radius 1 is 1.50 bits per heavy atom. The van der Waals surface area contributed by atoms with E-state index in [-0.39, 0.29) is 0 Å². The number of rotatable bonds is 3. The van der Waals surface area contributed by atoms with Crippen molar-refractivity contribution in [1.82, 2.24) is 0 Å². The Kier molecular flexibility index (Phi) is 4.95. The van der Waals surface area contributed by atoms with Crippen molar-refractivity contribution < 1.29 is 0 Å². The van der Waals surface area contributed by atoms with Crippen LogP contribution in [0.1, 0.15) is 20.8 Å². The first-order valence-corrected chi connectivity index (χ1v) is 3.71. The average Bonchev–Trinajstić information content (AvgIpc) is 1.87. The van der Waals surface area contributed by atoms with Gasteiger partial charge >= 0.3 is 0 Å². The van der Waals surface area contributed by atoms with Crippen LogP contribution in [0.25, 0.3) is 0 Å². The molecule has 0 heterocycles. The van der Waals surface area contributed by atoms with E-state index in [0.29, 0.717) is 12.5 Å². The Balaban J connectivity index is 3.70. The summed E-state index contributed by atoms with van der Waals surface area (Å²) in [6, 6.07) is 0. The summed E-state index contributed by atoms with van der Waals surface area (Å²) >= 11 is 0. The highest BCUT2D eigenvalue weighted by Gasteiger charge is 1.81. The fourth-order valence-corrected chi connectivity index (χ4v) is 0.510. The third-order valence-corrected chi connectivity index (χ3v) is 1.20. The molecule has 0 saturated heterocycles. The first-order valence-electron chi connectivity index (χ1n) is 3.71. The first-order chi connectivity index (χ1) is 4.66. The quantitative estimate of drug-likeness (QED) is 0.595. The molecular formula is C9H17N. The molecule has 1 nitrogen and oxygen atoms in total. The molecule has 1 heteroatoms. The Morgan fingerprint density at radius 2 is 2.10 bits per heavy atom. The minimum absolute atomic E-state index is 0.627. The summed E-state index contributed by atoms with van der Waals surface area (Å²) < 4.78 is 0. The molecule has 0 amide bonds. The second kappa shape index (κ2) is 5.24. The molecule has 0 aliphatic carbocycles. The number of hydrogen-bond acceptors (Lipinski definition) is 1. The Labute approximate surface area is 63.6 Å². The van der Waals surface area contributed by atoms with Crippen molar-refractivity contribution in [2.45, 2.75) is 20.8 Å². The number of allylic oxidation sites excluding steroid dienone is 3. The van der Waals surface area contributed by atoms with Gasteiger partial charge in [0, 0.05) is 6.54 Å². The van der Waals surface area contributed by atoms with Crippen LogP contribution in [0.3, 0.4) is 0 Å². The summed E-state index contributed by atoms with van der Waals surface area (Å²) in [6.45, 7) is 7.00. The smallest absolute Gasteiger partial charge is 0.0137 e. The lowest BCUT2D eigenvalue weighted by Crippen LogP contribution is -1.98. The highest BCUT2D eigenvalue weighted by atomic mass is 14.5. The highest BCUT2D eigenvalue weighted by molar-refractivity contribution is 5.11. The van der Waals surface area contributed by atoms with Crippen molar-refractivity contribution in [1.29, 1.82) is 0 Å². The monoisotopic (exact) mass is 139 g/mol. The van der Waals surface area contributed by atoms with Gasteiger partial charge in [-0.05, 0) is 12.8 Å². The van der Waals surface area contributed by atoms with Gasteiger partial charge in [0.2, 0.25) is 0 Å².